The topological polar surface area (TPSA) is 91.7 Å². The fourth-order valence-corrected chi connectivity index (χ4v) is 4.95. The number of carbonyl (C=O) groups excluding carboxylic acids is 1. The number of carbonyl (C=O) groups is 1. The van der Waals surface area contributed by atoms with Crippen molar-refractivity contribution in [1.29, 1.82) is 0 Å². The maximum atomic E-state index is 12.0. The Balaban J connectivity index is 1.53. The predicted molar refractivity (Wildman–Crippen MR) is 85.8 cm³/mol. The number of hydrogen-bond acceptors (Lipinski definition) is 5. The van der Waals surface area contributed by atoms with E-state index in [1.54, 1.807) is 6.26 Å². The van der Waals surface area contributed by atoms with E-state index in [0.29, 0.717) is 13.0 Å². The van der Waals surface area contributed by atoms with Crippen LogP contribution >= 0.6 is 0 Å². The first-order chi connectivity index (χ1) is 11.0. The van der Waals surface area contributed by atoms with Crippen LogP contribution in [0.3, 0.4) is 0 Å². The van der Waals surface area contributed by atoms with Crippen molar-refractivity contribution >= 4 is 15.9 Å². The highest BCUT2D eigenvalue weighted by atomic mass is 32.2. The van der Waals surface area contributed by atoms with Gasteiger partial charge < -0.3 is 15.1 Å². The Morgan fingerprint density at radius 1 is 1.39 bits per heavy atom. The largest absolute Gasteiger partial charge is 0.468 e. The van der Waals surface area contributed by atoms with Crippen LogP contribution in [0.25, 0.3) is 0 Å². The molecule has 2 aliphatic rings. The highest BCUT2D eigenvalue weighted by Gasteiger charge is 2.30. The third-order valence-electron chi connectivity index (χ3n) is 4.48. The summed E-state index contributed by atoms with van der Waals surface area (Å²) >= 11 is 0. The van der Waals surface area contributed by atoms with Crippen LogP contribution in [0.5, 0.6) is 0 Å². The average molecular weight is 341 g/mol. The molecule has 0 saturated carbocycles. The van der Waals surface area contributed by atoms with Crippen molar-refractivity contribution in [2.75, 3.05) is 31.1 Å². The maximum absolute atomic E-state index is 12.0. The van der Waals surface area contributed by atoms with Gasteiger partial charge in [0.2, 0.25) is 0 Å². The molecule has 3 heterocycles. The number of urea groups is 1. The first kappa shape index (κ1) is 16.3. The third kappa shape index (κ3) is 4.26. The summed E-state index contributed by atoms with van der Waals surface area (Å²) < 4.78 is 28.4. The lowest BCUT2D eigenvalue weighted by Crippen LogP contribution is -2.45. The molecule has 2 aliphatic heterocycles. The Morgan fingerprint density at radius 2 is 2.17 bits per heavy atom. The lowest BCUT2D eigenvalue weighted by Gasteiger charge is -2.26. The number of hydrogen-bond donors (Lipinski definition) is 2. The van der Waals surface area contributed by atoms with E-state index in [1.807, 2.05) is 12.1 Å². The number of rotatable bonds is 5. The van der Waals surface area contributed by atoms with Gasteiger partial charge in [0.05, 0.1) is 23.8 Å². The molecule has 128 valence electrons. The highest BCUT2D eigenvalue weighted by Crippen LogP contribution is 2.24. The van der Waals surface area contributed by atoms with Gasteiger partial charge in [0.1, 0.15) is 5.76 Å². The molecule has 3 rings (SSSR count). The van der Waals surface area contributed by atoms with Gasteiger partial charge in [-0.2, -0.15) is 0 Å². The molecular formula is C15H23N3O4S. The van der Waals surface area contributed by atoms with Crippen molar-refractivity contribution in [2.45, 2.75) is 31.3 Å². The van der Waals surface area contributed by atoms with Gasteiger partial charge in [-0.15, -0.1) is 0 Å². The Bertz CT molecular complexity index is 623. The fraction of sp³-hybridized carbons (Fsp3) is 0.667. The monoisotopic (exact) mass is 341 g/mol. The molecule has 2 fully saturated rings. The Hall–Kier alpha value is -1.54. The normalized spacial score (nSPS) is 25.3. The van der Waals surface area contributed by atoms with Crippen LogP contribution in [0.15, 0.2) is 22.8 Å². The van der Waals surface area contributed by atoms with Crippen LogP contribution in [0, 0.1) is 0 Å². The molecule has 8 heteroatoms. The SMILES string of the molecule is O=C(NC[C@@H](c1ccco1)N1CCCC1)N[C@@H]1CCS(=O)(=O)C1. The van der Waals surface area contributed by atoms with Crippen LogP contribution in [0.4, 0.5) is 4.79 Å². The van der Waals surface area contributed by atoms with Gasteiger partial charge in [-0.1, -0.05) is 0 Å². The molecule has 23 heavy (non-hydrogen) atoms. The molecule has 0 aliphatic carbocycles. The molecule has 2 N–H and O–H groups in total. The van der Waals surface area contributed by atoms with Crippen molar-refractivity contribution in [1.82, 2.24) is 15.5 Å². The molecular weight excluding hydrogens is 318 g/mol. The summed E-state index contributed by atoms with van der Waals surface area (Å²) in [4.78, 5) is 14.3. The van der Waals surface area contributed by atoms with Gasteiger partial charge >= 0.3 is 6.03 Å². The van der Waals surface area contributed by atoms with Crippen LogP contribution in [0.1, 0.15) is 31.1 Å². The summed E-state index contributed by atoms with van der Waals surface area (Å²) in [7, 11) is -2.99. The molecule has 1 aromatic rings. The molecule has 2 atom stereocenters. The predicted octanol–water partition coefficient (Wildman–Crippen LogP) is 0.903. The minimum atomic E-state index is -2.99. The second-order valence-corrected chi connectivity index (χ2v) is 8.46. The van der Waals surface area contributed by atoms with Gasteiger partial charge in [-0.25, -0.2) is 13.2 Å². The van der Waals surface area contributed by atoms with Crippen molar-refractivity contribution in [3.05, 3.63) is 24.2 Å². The Kier molecular flexibility index (Phi) is 4.91. The first-order valence-electron chi connectivity index (χ1n) is 8.06. The summed E-state index contributed by atoms with van der Waals surface area (Å²) in [5, 5.41) is 5.60. The first-order valence-corrected chi connectivity index (χ1v) is 9.88. The third-order valence-corrected chi connectivity index (χ3v) is 6.24. The lowest BCUT2D eigenvalue weighted by atomic mass is 10.2. The summed E-state index contributed by atoms with van der Waals surface area (Å²) in [5.74, 6) is 1.03. The zero-order chi connectivity index (χ0) is 16.3. The Labute approximate surface area is 136 Å². The molecule has 0 aromatic carbocycles. The van der Waals surface area contributed by atoms with E-state index >= 15 is 0 Å². The fourth-order valence-electron chi connectivity index (χ4n) is 3.28. The Morgan fingerprint density at radius 3 is 2.78 bits per heavy atom. The highest BCUT2D eigenvalue weighted by molar-refractivity contribution is 7.91. The van der Waals surface area contributed by atoms with Crippen molar-refractivity contribution < 1.29 is 17.6 Å². The minimum absolute atomic E-state index is 0.0190. The van der Waals surface area contributed by atoms with E-state index < -0.39 is 9.84 Å². The zero-order valence-electron chi connectivity index (χ0n) is 13.0. The smallest absolute Gasteiger partial charge is 0.315 e. The van der Waals surface area contributed by atoms with Gasteiger partial charge in [0.25, 0.3) is 0 Å². The number of sulfone groups is 1. The standard InChI is InChI=1S/C15H23N3O4S/c19-15(17-12-5-9-23(20,21)11-12)16-10-13(14-4-3-8-22-14)18-6-1-2-7-18/h3-4,8,12-13H,1-2,5-7,9-11H2,(H2,16,17,19)/t12-,13+/m1/s1. The molecule has 2 amide bonds. The van der Waals surface area contributed by atoms with Crippen LogP contribution in [0.2, 0.25) is 0 Å². The second-order valence-electron chi connectivity index (χ2n) is 6.23. The number of nitrogens with zero attached hydrogens (tertiary/aromatic N) is 1. The van der Waals surface area contributed by atoms with Crippen molar-refractivity contribution in [3.63, 3.8) is 0 Å². The number of furan rings is 1. The van der Waals surface area contributed by atoms with Crippen LogP contribution in [-0.2, 0) is 9.84 Å². The van der Waals surface area contributed by atoms with E-state index in [-0.39, 0.29) is 29.6 Å². The van der Waals surface area contributed by atoms with Crippen LogP contribution < -0.4 is 10.6 Å². The van der Waals surface area contributed by atoms with Crippen molar-refractivity contribution in [2.24, 2.45) is 0 Å². The van der Waals surface area contributed by atoms with Gasteiger partial charge in [0, 0.05) is 12.6 Å². The molecule has 0 bridgehead atoms. The van der Waals surface area contributed by atoms with E-state index in [4.69, 9.17) is 4.42 Å². The number of amides is 2. The van der Waals surface area contributed by atoms with E-state index in [0.717, 1.165) is 31.7 Å². The number of nitrogens with one attached hydrogen (secondary N) is 2. The average Bonchev–Trinajstić information content (AvgIpc) is 3.22. The second kappa shape index (κ2) is 6.92. The molecule has 0 unspecified atom stereocenters. The van der Waals surface area contributed by atoms with Crippen LogP contribution in [-0.4, -0.2) is 56.5 Å². The molecule has 7 nitrogen and oxygen atoms in total. The molecule has 0 spiro atoms. The van der Waals surface area contributed by atoms with E-state index in [9.17, 15) is 13.2 Å². The summed E-state index contributed by atoms with van der Waals surface area (Å²) in [6, 6.07) is 3.19. The summed E-state index contributed by atoms with van der Waals surface area (Å²) in [6.45, 7) is 2.43. The van der Waals surface area contributed by atoms with E-state index in [1.165, 1.54) is 0 Å². The molecule has 2 saturated heterocycles. The maximum Gasteiger partial charge on any atom is 0.315 e. The van der Waals surface area contributed by atoms with Crippen molar-refractivity contribution in [3.8, 4) is 0 Å². The quantitative estimate of drug-likeness (QED) is 0.830. The van der Waals surface area contributed by atoms with E-state index in [2.05, 4.69) is 15.5 Å². The zero-order valence-corrected chi connectivity index (χ0v) is 13.8. The van der Waals surface area contributed by atoms with Gasteiger partial charge in [-0.05, 0) is 44.5 Å². The molecule has 0 radical (unpaired) electrons. The molecule has 1 aromatic heterocycles. The lowest BCUT2D eigenvalue weighted by molar-refractivity contribution is 0.202. The number of likely N-dealkylation sites (tertiary alicyclic amines) is 1. The summed E-state index contributed by atoms with van der Waals surface area (Å²) in [6.07, 6.45) is 4.44. The van der Waals surface area contributed by atoms with Gasteiger partial charge in [-0.3, -0.25) is 4.90 Å². The summed E-state index contributed by atoms with van der Waals surface area (Å²) in [5.41, 5.74) is 0. The van der Waals surface area contributed by atoms with Gasteiger partial charge in [0.15, 0.2) is 9.84 Å². The minimum Gasteiger partial charge on any atom is -0.468 e.